The number of hydrogen-bond acceptors (Lipinski definition) is 4. The first-order valence-corrected chi connectivity index (χ1v) is 5.98. The summed E-state index contributed by atoms with van der Waals surface area (Å²) in [6.45, 7) is 1.49. The molecule has 1 amide bonds. The van der Waals surface area contributed by atoms with Crippen LogP contribution < -0.4 is 5.32 Å². The minimum absolute atomic E-state index is 0.0355. The van der Waals surface area contributed by atoms with Crippen LogP contribution in [-0.4, -0.2) is 29.1 Å². The summed E-state index contributed by atoms with van der Waals surface area (Å²) in [5.74, 6) is 0.815. The number of anilines is 1. The van der Waals surface area contributed by atoms with E-state index in [1.807, 2.05) is 0 Å². The van der Waals surface area contributed by atoms with Gasteiger partial charge >= 0.3 is 0 Å². The molecule has 1 N–H and O–H groups in total. The molecule has 2 rings (SSSR count). The second kappa shape index (κ2) is 5.93. The number of nitrogens with one attached hydrogen (secondary N) is 1. The third-order valence-corrected chi connectivity index (χ3v) is 2.89. The minimum Gasteiger partial charge on any atom is -0.381 e. The highest BCUT2D eigenvalue weighted by molar-refractivity contribution is 6.28. The Hall–Kier alpha value is -1.20. The Labute approximate surface area is 105 Å². The van der Waals surface area contributed by atoms with Gasteiger partial charge in [-0.2, -0.15) is 0 Å². The summed E-state index contributed by atoms with van der Waals surface area (Å²) in [5, 5.41) is 2.85. The van der Waals surface area contributed by atoms with E-state index in [0.29, 0.717) is 18.2 Å². The summed E-state index contributed by atoms with van der Waals surface area (Å²) in [5.41, 5.74) is 0. The predicted molar refractivity (Wildman–Crippen MR) is 63.8 cm³/mol. The fourth-order valence-corrected chi connectivity index (χ4v) is 1.96. The molecule has 1 aromatic heterocycles. The molecule has 17 heavy (non-hydrogen) atoms. The van der Waals surface area contributed by atoms with Crippen molar-refractivity contribution in [1.29, 1.82) is 0 Å². The highest BCUT2D eigenvalue weighted by atomic mass is 35.5. The van der Waals surface area contributed by atoms with Crippen molar-refractivity contribution in [1.82, 2.24) is 9.97 Å². The molecule has 1 aliphatic heterocycles. The Morgan fingerprint density at radius 3 is 3.00 bits per heavy atom. The third-order valence-electron chi connectivity index (χ3n) is 2.71. The molecule has 0 aromatic carbocycles. The van der Waals surface area contributed by atoms with Crippen molar-refractivity contribution in [2.75, 3.05) is 18.5 Å². The van der Waals surface area contributed by atoms with Gasteiger partial charge < -0.3 is 10.1 Å². The average molecular weight is 256 g/mol. The third kappa shape index (κ3) is 3.94. The second-order valence-corrected chi connectivity index (χ2v) is 4.36. The number of carbonyl (C=O) groups is 1. The van der Waals surface area contributed by atoms with Crippen molar-refractivity contribution < 1.29 is 9.53 Å². The van der Waals surface area contributed by atoms with E-state index in [0.717, 1.165) is 26.1 Å². The van der Waals surface area contributed by atoms with Gasteiger partial charge in [-0.1, -0.05) is 0 Å². The van der Waals surface area contributed by atoms with Crippen molar-refractivity contribution in [3.63, 3.8) is 0 Å². The van der Waals surface area contributed by atoms with E-state index < -0.39 is 0 Å². The first kappa shape index (κ1) is 12.3. The van der Waals surface area contributed by atoms with E-state index >= 15 is 0 Å². The van der Waals surface area contributed by atoms with Gasteiger partial charge in [-0.05, 0) is 36.4 Å². The Balaban J connectivity index is 1.84. The molecule has 0 radical (unpaired) electrons. The number of hydrogen-bond donors (Lipinski definition) is 1. The SMILES string of the molecule is O=C(CC1CCOCC1)Nc1ccnc(Cl)n1. The number of rotatable bonds is 3. The zero-order valence-corrected chi connectivity index (χ0v) is 10.1. The monoisotopic (exact) mass is 255 g/mol. The lowest BCUT2D eigenvalue weighted by Gasteiger charge is -2.21. The van der Waals surface area contributed by atoms with Crippen LogP contribution in [0.25, 0.3) is 0 Å². The van der Waals surface area contributed by atoms with Crippen LogP contribution in [0.3, 0.4) is 0 Å². The van der Waals surface area contributed by atoms with E-state index in [1.165, 1.54) is 6.20 Å². The molecular formula is C11H14ClN3O2. The maximum atomic E-state index is 11.7. The van der Waals surface area contributed by atoms with Crippen molar-refractivity contribution in [3.8, 4) is 0 Å². The molecule has 0 atom stereocenters. The lowest BCUT2D eigenvalue weighted by atomic mass is 9.96. The van der Waals surface area contributed by atoms with Gasteiger partial charge in [0, 0.05) is 25.8 Å². The number of aromatic nitrogens is 2. The van der Waals surface area contributed by atoms with Crippen LogP contribution in [0.15, 0.2) is 12.3 Å². The molecule has 5 nitrogen and oxygen atoms in total. The fraction of sp³-hybridized carbons (Fsp3) is 0.545. The molecule has 1 fully saturated rings. The molecule has 0 saturated carbocycles. The van der Waals surface area contributed by atoms with Gasteiger partial charge in [-0.25, -0.2) is 9.97 Å². The van der Waals surface area contributed by atoms with Crippen molar-refractivity contribution in [3.05, 3.63) is 17.5 Å². The summed E-state index contributed by atoms with van der Waals surface area (Å²) in [6, 6.07) is 1.62. The Morgan fingerprint density at radius 1 is 1.53 bits per heavy atom. The molecule has 2 heterocycles. The Morgan fingerprint density at radius 2 is 2.29 bits per heavy atom. The van der Waals surface area contributed by atoms with Gasteiger partial charge in [-0.15, -0.1) is 0 Å². The molecular weight excluding hydrogens is 242 g/mol. The molecule has 0 aliphatic carbocycles. The van der Waals surface area contributed by atoms with Gasteiger partial charge in [0.2, 0.25) is 11.2 Å². The van der Waals surface area contributed by atoms with Crippen LogP contribution in [0, 0.1) is 5.92 Å². The van der Waals surface area contributed by atoms with Crippen LogP contribution in [0.4, 0.5) is 5.82 Å². The van der Waals surface area contributed by atoms with E-state index in [-0.39, 0.29) is 11.2 Å². The maximum Gasteiger partial charge on any atom is 0.225 e. The van der Waals surface area contributed by atoms with Crippen LogP contribution in [0.1, 0.15) is 19.3 Å². The van der Waals surface area contributed by atoms with E-state index in [9.17, 15) is 4.79 Å². The van der Waals surface area contributed by atoms with Crippen LogP contribution in [0.5, 0.6) is 0 Å². The minimum atomic E-state index is -0.0355. The zero-order chi connectivity index (χ0) is 12.1. The molecule has 0 unspecified atom stereocenters. The van der Waals surface area contributed by atoms with E-state index in [1.54, 1.807) is 6.07 Å². The van der Waals surface area contributed by atoms with Crippen molar-refractivity contribution in [2.24, 2.45) is 5.92 Å². The first-order valence-electron chi connectivity index (χ1n) is 5.60. The fourth-order valence-electron chi connectivity index (χ4n) is 1.81. The van der Waals surface area contributed by atoms with Crippen LogP contribution >= 0.6 is 11.6 Å². The molecule has 0 bridgehead atoms. The summed E-state index contributed by atoms with van der Waals surface area (Å²) < 4.78 is 5.25. The quantitative estimate of drug-likeness (QED) is 0.838. The predicted octanol–water partition coefficient (Wildman–Crippen LogP) is 1.89. The van der Waals surface area contributed by atoms with Gasteiger partial charge in [0.1, 0.15) is 5.82 Å². The summed E-state index contributed by atoms with van der Waals surface area (Å²) in [4.78, 5) is 19.4. The average Bonchev–Trinajstić information content (AvgIpc) is 2.30. The van der Waals surface area contributed by atoms with Crippen LogP contribution in [0.2, 0.25) is 5.28 Å². The molecule has 1 aromatic rings. The standard InChI is InChI=1S/C11H14ClN3O2/c12-11-13-4-1-9(15-11)14-10(16)7-8-2-5-17-6-3-8/h1,4,8H,2-3,5-7H2,(H,13,14,15,16). The molecule has 6 heteroatoms. The van der Waals surface area contributed by atoms with E-state index in [2.05, 4.69) is 15.3 Å². The molecule has 1 saturated heterocycles. The largest absolute Gasteiger partial charge is 0.381 e. The Bertz CT molecular complexity index is 394. The van der Waals surface area contributed by atoms with Gasteiger partial charge in [0.05, 0.1) is 0 Å². The van der Waals surface area contributed by atoms with Gasteiger partial charge in [0.25, 0.3) is 0 Å². The van der Waals surface area contributed by atoms with Gasteiger partial charge in [-0.3, -0.25) is 4.79 Å². The zero-order valence-electron chi connectivity index (χ0n) is 9.36. The second-order valence-electron chi connectivity index (χ2n) is 4.02. The molecule has 92 valence electrons. The first-order chi connectivity index (χ1) is 8.24. The summed E-state index contributed by atoms with van der Waals surface area (Å²) in [6.07, 6.45) is 3.90. The highest BCUT2D eigenvalue weighted by Gasteiger charge is 2.17. The summed E-state index contributed by atoms with van der Waals surface area (Å²) in [7, 11) is 0. The lowest BCUT2D eigenvalue weighted by Crippen LogP contribution is -2.22. The summed E-state index contributed by atoms with van der Waals surface area (Å²) >= 11 is 5.63. The number of ether oxygens (including phenoxy) is 1. The number of carbonyl (C=O) groups excluding carboxylic acids is 1. The topological polar surface area (TPSA) is 64.1 Å². The smallest absolute Gasteiger partial charge is 0.225 e. The normalized spacial score (nSPS) is 16.8. The number of nitrogens with zero attached hydrogens (tertiary/aromatic N) is 2. The van der Waals surface area contributed by atoms with Gasteiger partial charge in [0.15, 0.2) is 0 Å². The lowest BCUT2D eigenvalue weighted by molar-refractivity contribution is -0.117. The Kier molecular flexibility index (Phi) is 4.28. The molecule has 1 aliphatic rings. The van der Waals surface area contributed by atoms with Crippen LogP contribution in [-0.2, 0) is 9.53 Å². The van der Waals surface area contributed by atoms with E-state index in [4.69, 9.17) is 16.3 Å². The number of amides is 1. The highest BCUT2D eigenvalue weighted by Crippen LogP contribution is 2.19. The number of halogens is 1. The molecule has 0 spiro atoms. The maximum absolute atomic E-state index is 11.7. The van der Waals surface area contributed by atoms with Crippen molar-refractivity contribution >= 4 is 23.3 Å². The van der Waals surface area contributed by atoms with Crippen molar-refractivity contribution in [2.45, 2.75) is 19.3 Å².